The lowest BCUT2D eigenvalue weighted by atomic mass is 9.76. The number of imide groups is 2. The maximum atomic E-state index is 14.4. The van der Waals surface area contributed by atoms with Crippen molar-refractivity contribution in [2.45, 2.75) is 31.3 Å². The number of barbiturate groups is 1. The van der Waals surface area contributed by atoms with Crippen LogP contribution in [-0.4, -0.2) is 43.0 Å². The van der Waals surface area contributed by atoms with Crippen LogP contribution in [0.2, 0.25) is 0 Å². The molecule has 8 rings (SSSR count). The fraction of sp³-hybridized carbons (Fsp3) is 0.186. The van der Waals surface area contributed by atoms with E-state index in [1.165, 1.54) is 25.3 Å². The number of hydrogen-bond acceptors (Lipinski definition) is 8. The van der Waals surface area contributed by atoms with Crippen LogP contribution in [0.1, 0.15) is 58.1 Å². The molecule has 11 heteroatoms. The summed E-state index contributed by atoms with van der Waals surface area (Å²) in [5, 5.41) is 13.5. The first-order valence-electron chi connectivity index (χ1n) is 17.8. The Morgan fingerprint density at radius 1 is 0.815 bits per heavy atom. The van der Waals surface area contributed by atoms with E-state index in [1.54, 1.807) is 30.3 Å². The molecule has 0 bridgehead atoms. The molecule has 1 N–H and O–H groups in total. The van der Waals surface area contributed by atoms with Gasteiger partial charge in [0.05, 0.1) is 17.7 Å². The molecule has 1 saturated heterocycles. The number of anilines is 2. The summed E-state index contributed by atoms with van der Waals surface area (Å²) in [6.07, 6.45) is 3.16. The molecule has 3 heterocycles. The molecule has 2 atom stereocenters. The Morgan fingerprint density at radius 2 is 1.43 bits per heavy atom. The maximum Gasteiger partial charge on any atom is 0.335 e. The molecule has 270 valence electrons. The molecule has 0 saturated carbocycles. The number of rotatable bonds is 9. The topological polar surface area (TPSA) is 131 Å². The third kappa shape index (κ3) is 6.44. The number of urea groups is 1. The molecule has 5 aromatic carbocycles. The molecule has 0 unspecified atom stereocenters. The number of carbonyl (C=O) groups is 3. The summed E-state index contributed by atoms with van der Waals surface area (Å²) in [5.41, 5.74) is 6.71. The first-order valence-corrected chi connectivity index (χ1v) is 17.8. The number of non-ortho nitro benzene ring substituents is 1. The Balaban J connectivity index is 1.19. The first kappa shape index (κ1) is 34.3. The van der Waals surface area contributed by atoms with Crippen LogP contribution in [0.4, 0.5) is 21.9 Å². The lowest BCUT2D eigenvalue weighted by molar-refractivity contribution is -0.384. The first-order chi connectivity index (χ1) is 26.3. The van der Waals surface area contributed by atoms with E-state index in [9.17, 15) is 24.5 Å². The molecule has 3 aliphatic heterocycles. The molecule has 1 fully saturated rings. The van der Waals surface area contributed by atoms with Crippen molar-refractivity contribution < 1.29 is 28.8 Å². The van der Waals surface area contributed by atoms with Gasteiger partial charge in [-0.05, 0) is 83.1 Å². The van der Waals surface area contributed by atoms with E-state index >= 15 is 0 Å². The van der Waals surface area contributed by atoms with Crippen molar-refractivity contribution in [3.8, 4) is 11.5 Å². The number of nitrogens with one attached hydrogen (secondary N) is 1. The minimum absolute atomic E-state index is 0.0417. The summed E-state index contributed by atoms with van der Waals surface area (Å²) in [4.78, 5) is 55.6. The Hall–Kier alpha value is -6.75. The number of hydrogen-bond donors (Lipinski definition) is 1. The molecule has 11 nitrogen and oxygen atoms in total. The normalized spacial score (nSPS) is 18.6. The van der Waals surface area contributed by atoms with E-state index in [-0.39, 0.29) is 29.7 Å². The Labute approximate surface area is 311 Å². The molecule has 3 aliphatic rings. The van der Waals surface area contributed by atoms with Gasteiger partial charge in [-0.15, -0.1) is 0 Å². The van der Waals surface area contributed by atoms with Gasteiger partial charge in [0.25, 0.3) is 17.5 Å². The van der Waals surface area contributed by atoms with Gasteiger partial charge in [-0.1, -0.05) is 60.7 Å². The highest BCUT2D eigenvalue weighted by Gasteiger charge is 2.40. The number of carbonyl (C=O) groups excluding carboxylic acids is 3. The number of benzene rings is 5. The van der Waals surface area contributed by atoms with Gasteiger partial charge in [0.1, 0.15) is 23.7 Å². The molecule has 0 aliphatic carbocycles. The van der Waals surface area contributed by atoms with Crippen molar-refractivity contribution >= 4 is 41.0 Å². The van der Waals surface area contributed by atoms with Crippen LogP contribution >= 0.6 is 0 Å². The van der Waals surface area contributed by atoms with Crippen LogP contribution in [0.3, 0.4) is 0 Å². The van der Waals surface area contributed by atoms with E-state index in [0.29, 0.717) is 28.3 Å². The third-order valence-electron chi connectivity index (χ3n) is 10.4. The second-order valence-electron chi connectivity index (χ2n) is 13.5. The fourth-order valence-corrected chi connectivity index (χ4v) is 7.78. The molecular formula is C43H36N4O7. The van der Waals surface area contributed by atoms with Crippen molar-refractivity contribution in [3.63, 3.8) is 0 Å². The van der Waals surface area contributed by atoms with E-state index < -0.39 is 22.8 Å². The van der Waals surface area contributed by atoms with Gasteiger partial charge in [-0.3, -0.25) is 25.0 Å². The molecule has 5 aromatic rings. The molecule has 0 aromatic heterocycles. The number of ether oxygens (including phenoxy) is 2. The van der Waals surface area contributed by atoms with E-state index in [2.05, 4.69) is 34.5 Å². The monoisotopic (exact) mass is 720 g/mol. The van der Waals surface area contributed by atoms with Gasteiger partial charge in [-0.2, -0.15) is 0 Å². The molecule has 54 heavy (non-hydrogen) atoms. The number of amides is 4. The van der Waals surface area contributed by atoms with Crippen LogP contribution in [0, 0.1) is 10.1 Å². The average molecular weight is 721 g/mol. The summed E-state index contributed by atoms with van der Waals surface area (Å²) in [7, 11) is 1.50. The molecule has 4 amide bonds. The van der Waals surface area contributed by atoms with Crippen LogP contribution in [-0.2, 0) is 16.2 Å². The molecule has 0 radical (unpaired) electrons. The standard InChI is InChI=1S/C43H36N4O7/c1-53-33-17-14-30(39(25-33)54-26-27-12-15-31(16-13-27)47(51)52)22-38-41(48)44-43(50)46(42(38)49)32-23-36-34(28-8-4-2-5-9-28)18-20-45-21-19-35(37(24-32)40(36)45)29-10-6-3-7-11-29/h2-17,22-25,34-35H,18-21,26H2,1H3,(H,44,48,50)/b38-22+/t34-,35-/m0/s1. The largest absolute Gasteiger partial charge is 0.497 e. The van der Waals surface area contributed by atoms with Gasteiger partial charge in [0.15, 0.2) is 0 Å². The molecule has 0 spiro atoms. The van der Waals surface area contributed by atoms with Crippen molar-refractivity contribution in [3.05, 3.63) is 164 Å². The summed E-state index contributed by atoms with van der Waals surface area (Å²) >= 11 is 0. The van der Waals surface area contributed by atoms with Crippen molar-refractivity contribution in [2.24, 2.45) is 0 Å². The zero-order chi connectivity index (χ0) is 37.3. The maximum absolute atomic E-state index is 14.4. The highest BCUT2D eigenvalue weighted by molar-refractivity contribution is 6.39. The average Bonchev–Trinajstić information content (AvgIpc) is 3.20. The van der Waals surface area contributed by atoms with Gasteiger partial charge in [0, 0.05) is 54.4 Å². The summed E-state index contributed by atoms with van der Waals surface area (Å²) < 4.78 is 11.5. The number of nitro benzene ring substituents is 1. The highest BCUT2D eigenvalue weighted by Crippen LogP contribution is 2.50. The Bertz CT molecular complexity index is 2240. The second kappa shape index (κ2) is 14.3. The zero-order valence-electron chi connectivity index (χ0n) is 29.4. The van der Waals surface area contributed by atoms with Gasteiger partial charge in [0.2, 0.25) is 0 Å². The van der Waals surface area contributed by atoms with E-state index in [4.69, 9.17) is 9.47 Å². The zero-order valence-corrected chi connectivity index (χ0v) is 29.4. The van der Waals surface area contributed by atoms with Gasteiger partial charge < -0.3 is 14.4 Å². The third-order valence-corrected chi connectivity index (χ3v) is 10.4. The number of methoxy groups -OCH3 is 1. The van der Waals surface area contributed by atoms with Gasteiger partial charge >= 0.3 is 6.03 Å². The Kier molecular flexibility index (Phi) is 9.12. The SMILES string of the molecule is COc1ccc(/C=C2\C(=O)NC(=O)N(c3cc4c5c(c3)[C@H](c3ccccc3)CCN5CC[C@H]4c3ccccc3)C2=O)c(OCc2ccc([N+](=O)[O-])cc2)c1. The summed E-state index contributed by atoms with van der Waals surface area (Å²) in [5.74, 6) is -0.721. The van der Waals surface area contributed by atoms with E-state index in [1.807, 2.05) is 48.5 Å². The number of nitro groups is 1. The van der Waals surface area contributed by atoms with Crippen LogP contribution in [0.25, 0.3) is 6.08 Å². The minimum atomic E-state index is -0.826. The van der Waals surface area contributed by atoms with Crippen molar-refractivity contribution in [2.75, 3.05) is 30.0 Å². The lowest BCUT2D eigenvalue weighted by Gasteiger charge is -2.44. The predicted octanol–water partition coefficient (Wildman–Crippen LogP) is 7.73. The Morgan fingerprint density at radius 3 is 2.00 bits per heavy atom. The van der Waals surface area contributed by atoms with Crippen molar-refractivity contribution in [1.29, 1.82) is 0 Å². The second-order valence-corrected chi connectivity index (χ2v) is 13.5. The summed E-state index contributed by atoms with van der Waals surface area (Å²) in [6, 6.07) is 34.5. The van der Waals surface area contributed by atoms with Crippen LogP contribution in [0.15, 0.2) is 121 Å². The fourth-order valence-electron chi connectivity index (χ4n) is 7.78. The van der Waals surface area contributed by atoms with E-state index in [0.717, 1.165) is 58.8 Å². The quantitative estimate of drug-likeness (QED) is 0.0709. The van der Waals surface area contributed by atoms with Crippen LogP contribution < -0.4 is 24.6 Å². The van der Waals surface area contributed by atoms with Gasteiger partial charge in [-0.25, -0.2) is 9.69 Å². The summed E-state index contributed by atoms with van der Waals surface area (Å²) in [6.45, 7) is 1.83. The van der Waals surface area contributed by atoms with Crippen molar-refractivity contribution in [1.82, 2.24) is 5.32 Å². The number of nitrogens with zero attached hydrogens (tertiary/aromatic N) is 3. The minimum Gasteiger partial charge on any atom is -0.497 e. The highest BCUT2D eigenvalue weighted by atomic mass is 16.6. The predicted molar refractivity (Wildman–Crippen MR) is 204 cm³/mol. The smallest absolute Gasteiger partial charge is 0.335 e. The molecular weight excluding hydrogens is 684 g/mol. The lowest BCUT2D eigenvalue weighted by Crippen LogP contribution is -2.54. The van der Waals surface area contributed by atoms with Crippen LogP contribution in [0.5, 0.6) is 11.5 Å².